The van der Waals surface area contributed by atoms with E-state index in [0.29, 0.717) is 24.4 Å². The van der Waals surface area contributed by atoms with Crippen molar-refractivity contribution in [3.8, 4) is 5.75 Å². The maximum absolute atomic E-state index is 11.9. The van der Waals surface area contributed by atoms with Gasteiger partial charge in [0.15, 0.2) is 0 Å². The van der Waals surface area contributed by atoms with Crippen LogP contribution in [0, 0.1) is 0 Å². The third-order valence-corrected chi connectivity index (χ3v) is 3.45. The van der Waals surface area contributed by atoms with Gasteiger partial charge in [-0.05, 0) is 48.9 Å². The summed E-state index contributed by atoms with van der Waals surface area (Å²) in [6.07, 6.45) is 0. The van der Waals surface area contributed by atoms with Crippen molar-refractivity contribution in [1.82, 2.24) is 5.32 Å². The van der Waals surface area contributed by atoms with Crippen LogP contribution in [0.1, 0.15) is 22.8 Å². The lowest BCUT2D eigenvalue weighted by Crippen LogP contribution is -2.27. The van der Waals surface area contributed by atoms with Gasteiger partial charge in [0, 0.05) is 12.2 Å². The van der Waals surface area contributed by atoms with E-state index < -0.39 is 0 Å². The maximum atomic E-state index is 11.9. The molecule has 2 rings (SSSR count). The van der Waals surface area contributed by atoms with Gasteiger partial charge in [0.25, 0.3) is 0 Å². The molecule has 0 aliphatic carbocycles. The van der Waals surface area contributed by atoms with Crippen LogP contribution in [0.5, 0.6) is 5.75 Å². The molecule has 0 aliphatic rings. The van der Waals surface area contributed by atoms with Crippen molar-refractivity contribution in [3.63, 3.8) is 0 Å². The molecule has 0 radical (unpaired) electrons. The van der Waals surface area contributed by atoms with Crippen molar-refractivity contribution in [2.45, 2.75) is 13.5 Å². The van der Waals surface area contributed by atoms with Gasteiger partial charge in [-0.1, -0.05) is 12.1 Å². The summed E-state index contributed by atoms with van der Waals surface area (Å²) in [5.41, 5.74) is 2.15. The molecule has 2 aromatic rings. The van der Waals surface area contributed by atoms with Gasteiger partial charge >= 0.3 is 5.97 Å². The van der Waals surface area contributed by atoms with E-state index in [2.05, 4.69) is 10.6 Å². The Morgan fingerprint density at radius 1 is 1.00 bits per heavy atom. The number of carbonyl (C=O) groups is 2. The monoisotopic (exact) mass is 342 g/mol. The summed E-state index contributed by atoms with van der Waals surface area (Å²) < 4.78 is 10.0. The molecule has 0 spiro atoms. The first-order chi connectivity index (χ1) is 12.1. The first-order valence-electron chi connectivity index (χ1n) is 8.03. The number of rotatable bonds is 8. The Bertz CT molecular complexity index is 696. The standard InChI is InChI=1S/C19H22N2O4/c1-3-25-19(23)15-6-8-16(9-7-15)21-18(22)13-20-12-14-4-10-17(24-2)11-5-14/h4-11,20H,3,12-13H2,1-2H3,(H,21,22). The average molecular weight is 342 g/mol. The molecular weight excluding hydrogens is 320 g/mol. The molecule has 1 amide bonds. The van der Waals surface area contributed by atoms with E-state index in [1.165, 1.54) is 0 Å². The van der Waals surface area contributed by atoms with Gasteiger partial charge in [0.05, 0.1) is 25.8 Å². The van der Waals surface area contributed by atoms with E-state index in [4.69, 9.17) is 9.47 Å². The van der Waals surface area contributed by atoms with E-state index >= 15 is 0 Å². The highest BCUT2D eigenvalue weighted by Crippen LogP contribution is 2.12. The van der Waals surface area contributed by atoms with E-state index in [-0.39, 0.29) is 18.4 Å². The summed E-state index contributed by atoms with van der Waals surface area (Å²) in [4.78, 5) is 23.5. The number of nitrogens with one attached hydrogen (secondary N) is 2. The number of methoxy groups -OCH3 is 1. The van der Waals surface area contributed by atoms with Crippen molar-refractivity contribution in [2.75, 3.05) is 25.6 Å². The van der Waals surface area contributed by atoms with Crippen LogP contribution >= 0.6 is 0 Å². The van der Waals surface area contributed by atoms with Gasteiger partial charge in [0.2, 0.25) is 5.91 Å². The number of hydrogen-bond donors (Lipinski definition) is 2. The van der Waals surface area contributed by atoms with Gasteiger partial charge < -0.3 is 20.1 Å². The molecule has 0 unspecified atom stereocenters. The number of benzene rings is 2. The molecule has 0 fully saturated rings. The van der Waals surface area contributed by atoms with Crippen LogP contribution in [0.4, 0.5) is 5.69 Å². The second-order valence-corrected chi connectivity index (χ2v) is 5.30. The molecule has 0 bridgehead atoms. The smallest absolute Gasteiger partial charge is 0.338 e. The van der Waals surface area contributed by atoms with Gasteiger partial charge in [0.1, 0.15) is 5.75 Å². The van der Waals surface area contributed by atoms with E-state index in [9.17, 15) is 9.59 Å². The van der Waals surface area contributed by atoms with Crippen LogP contribution in [-0.4, -0.2) is 32.1 Å². The van der Waals surface area contributed by atoms with Crippen LogP contribution < -0.4 is 15.4 Å². The minimum absolute atomic E-state index is 0.155. The molecule has 6 heteroatoms. The van der Waals surface area contributed by atoms with Gasteiger partial charge in [-0.3, -0.25) is 4.79 Å². The lowest BCUT2D eigenvalue weighted by molar-refractivity contribution is -0.115. The molecule has 132 valence electrons. The highest BCUT2D eigenvalue weighted by Gasteiger charge is 2.07. The lowest BCUT2D eigenvalue weighted by atomic mass is 10.2. The predicted octanol–water partition coefficient (Wildman–Crippen LogP) is 2.60. The molecule has 2 N–H and O–H groups in total. The van der Waals surface area contributed by atoms with Crippen LogP contribution in [0.3, 0.4) is 0 Å². The molecule has 2 aromatic carbocycles. The Balaban J connectivity index is 1.76. The van der Waals surface area contributed by atoms with E-state index in [0.717, 1.165) is 11.3 Å². The molecule has 0 heterocycles. The normalized spacial score (nSPS) is 10.2. The summed E-state index contributed by atoms with van der Waals surface area (Å²) in [5.74, 6) is 0.270. The summed E-state index contributed by atoms with van der Waals surface area (Å²) in [5, 5.41) is 5.85. The van der Waals surface area contributed by atoms with E-state index in [1.807, 2.05) is 24.3 Å². The fourth-order valence-corrected chi connectivity index (χ4v) is 2.17. The highest BCUT2D eigenvalue weighted by atomic mass is 16.5. The summed E-state index contributed by atoms with van der Waals surface area (Å²) >= 11 is 0. The maximum Gasteiger partial charge on any atom is 0.338 e. The number of anilines is 1. The van der Waals surface area contributed by atoms with Crippen molar-refractivity contribution in [3.05, 3.63) is 59.7 Å². The minimum atomic E-state index is -0.374. The number of hydrogen-bond acceptors (Lipinski definition) is 5. The summed E-state index contributed by atoms with van der Waals surface area (Å²) in [7, 11) is 1.62. The molecule has 0 aromatic heterocycles. The van der Waals surface area contributed by atoms with Crippen molar-refractivity contribution in [2.24, 2.45) is 0 Å². The van der Waals surface area contributed by atoms with Crippen molar-refractivity contribution >= 4 is 17.6 Å². The van der Waals surface area contributed by atoms with Crippen LogP contribution in [0.2, 0.25) is 0 Å². The zero-order valence-corrected chi connectivity index (χ0v) is 14.4. The second-order valence-electron chi connectivity index (χ2n) is 5.30. The number of esters is 1. The molecule has 0 atom stereocenters. The molecule has 25 heavy (non-hydrogen) atoms. The Morgan fingerprint density at radius 3 is 2.28 bits per heavy atom. The zero-order valence-electron chi connectivity index (χ0n) is 14.4. The molecule has 0 aliphatic heterocycles. The van der Waals surface area contributed by atoms with Gasteiger partial charge in [-0.15, -0.1) is 0 Å². The quantitative estimate of drug-likeness (QED) is 0.721. The molecule has 6 nitrogen and oxygen atoms in total. The first-order valence-corrected chi connectivity index (χ1v) is 8.03. The van der Waals surface area contributed by atoms with Gasteiger partial charge in [-0.2, -0.15) is 0 Å². The Hall–Kier alpha value is -2.86. The Kier molecular flexibility index (Phi) is 6.98. The summed E-state index contributed by atoms with van der Waals surface area (Å²) in [6.45, 7) is 2.85. The van der Waals surface area contributed by atoms with Crippen LogP contribution in [0.25, 0.3) is 0 Å². The largest absolute Gasteiger partial charge is 0.497 e. The SMILES string of the molecule is CCOC(=O)c1ccc(NC(=O)CNCc2ccc(OC)cc2)cc1. The van der Waals surface area contributed by atoms with Crippen LogP contribution in [-0.2, 0) is 16.1 Å². The Morgan fingerprint density at radius 2 is 1.68 bits per heavy atom. The van der Waals surface area contributed by atoms with Crippen molar-refractivity contribution < 1.29 is 19.1 Å². The fraction of sp³-hybridized carbons (Fsp3) is 0.263. The number of carbonyl (C=O) groups excluding carboxylic acids is 2. The minimum Gasteiger partial charge on any atom is -0.497 e. The molecule has 0 saturated carbocycles. The van der Waals surface area contributed by atoms with E-state index in [1.54, 1.807) is 38.3 Å². The first kappa shape index (κ1) is 18.5. The average Bonchev–Trinajstić information content (AvgIpc) is 2.63. The second kappa shape index (κ2) is 9.44. The van der Waals surface area contributed by atoms with Crippen LogP contribution in [0.15, 0.2) is 48.5 Å². The lowest BCUT2D eigenvalue weighted by Gasteiger charge is -2.08. The third kappa shape index (κ3) is 5.93. The Labute approximate surface area is 147 Å². The van der Waals surface area contributed by atoms with Crippen molar-refractivity contribution in [1.29, 1.82) is 0 Å². The highest BCUT2D eigenvalue weighted by molar-refractivity contribution is 5.94. The number of ether oxygens (including phenoxy) is 2. The topological polar surface area (TPSA) is 76.7 Å². The third-order valence-electron chi connectivity index (χ3n) is 3.45. The zero-order chi connectivity index (χ0) is 18.1. The fourth-order valence-electron chi connectivity index (χ4n) is 2.17. The predicted molar refractivity (Wildman–Crippen MR) is 95.7 cm³/mol. The number of amides is 1. The summed E-state index contributed by atoms with van der Waals surface area (Å²) in [6, 6.07) is 14.2. The molecular formula is C19H22N2O4. The molecule has 0 saturated heterocycles. The van der Waals surface area contributed by atoms with Gasteiger partial charge in [-0.25, -0.2) is 4.79 Å².